The summed E-state index contributed by atoms with van der Waals surface area (Å²) in [5.41, 5.74) is 1.22. The molecule has 146 valence electrons. The number of carbonyl (C=O) groups excluding carboxylic acids is 1. The fraction of sp³-hybridized carbons (Fsp3) is 0.368. The van der Waals surface area contributed by atoms with Gasteiger partial charge in [-0.25, -0.2) is 14.5 Å². The number of benzene rings is 1. The van der Waals surface area contributed by atoms with E-state index in [0.717, 1.165) is 18.8 Å². The Bertz CT molecular complexity index is 1030. The molecule has 0 radical (unpaired) electrons. The third kappa shape index (κ3) is 3.48. The van der Waals surface area contributed by atoms with E-state index in [-0.39, 0.29) is 11.6 Å². The molecule has 2 amide bonds. The molecule has 4 rings (SSSR count). The third-order valence-electron chi connectivity index (χ3n) is 4.89. The number of amides is 2. The van der Waals surface area contributed by atoms with Gasteiger partial charge >= 0.3 is 6.03 Å². The van der Waals surface area contributed by atoms with Crippen LogP contribution in [-0.4, -0.2) is 80.8 Å². The Morgan fingerprint density at radius 1 is 1.14 bits per heavy atom. The highest BCUT2D eigenvalue weighted by molar-refractivity contribution is 5.75. The molecule has 0 unspecified atom stereocenters. The predicted octanol–water partition coefficient (Wildman–Crippen LogP) is 0.908. The van der Waals surface area contributed by atoms with Crippen molar-refractivity contribution in [2.24, 2.45) is 0 Å². The zero-order chi connectivity index (χ0) is 19.7. The maximum Gasteiger partial charge on any atom is 0.319 e. The lowest BCUT2D eigenvalue weighted by Crippen LogP contribution is -2.51. The maximum atomic E-state index is 12.5. The molecule has 0 bridgehead atoms. The number of nitrogens with zero attached hydrogens (tertiary/aromatic N) is 6. The van der Waals surface area contributed by atoms with Crippen LogP contribution in [-0.2, 0) is 6.54 Å². The van der Waals surface area contributed by atoms with Crippen molar-refractivity contribution in [1.82, 2.24) is 34.4 Å². The molecule has 1 aliphatic heterocycles. The van der Waals surface area contributed by atoms with E-state index in [0.29, 0.717) is 36.5 Å². The van der Waals surface area contributed by atoms with Crippen LogP contribution in [0.2, 0.25) is 0 Å². The Balaban J connectivity index is 1.54. The summed E-state index contributed by atoms with van der Waals surface area (Å²) >= 11 is 0. The van der Waals surface area contributed by atoms with E-state index >= 15 is 0 Å². The zero-order valence-corrected chi connectivity index (χ0v) is 16.0. The van der Waals surface area contributed by atoms with Crippen molar-refractivity contribution < 1.29 is 4.79 Å². The van der Waals surface area contributed by atoms with Gasteiger partial charge in [0.2, 0.25) is 0 Å². The van der Waals surface area contributed by atoms with Gasteiger partial charge < -0.3 is 14.8 Å². The molecule has 9 nitrogen and oxygen atoms in total. The van der Waals surface area contributed by atoms with Crippen molar-refractivity contribution in [2.45, 2.75) is 6.54 Å². The molecular formula is C19H23N7O2. The quantitative estimate of drug-likeness (QED) is 0.728. The smallest absolute Gasteiger partial charge is 0.319 e. The molecule has 1 saturated heterocycles. The average molecular weight is 381 g/mol. The van der Waals surface area contributed by atoms with Crippen LogP contribution in [0.1, 0.15) is 5.82 Å². The van der Waals surface area contributed by atoms with E-state index in [1.807, 2.05) is 35.2 Å². The molecule has 3 heterocycles. The van der Waals surface area contributed by atoms with Crippen LogP contribution in [0.5, 0.6) is 0 Å². The van der Waals surface area contributed by atoms with E-state index in [4.69, 9.17) is 0 Å². The maximum absolute atomic E-state index is 12.5. The molecule has 1 fully saturated rings. The summed E-state index contributed by atoms with van der Waals surface area (Å²) in [5.74, 6) is 0.600. The van der Waals surface area contributed by atoms with Crippen LogP contribution in [0, 0.1) is 0 Å². The van der Waals surface area contributed by atoms with E-state index in [9.17, 15) is 9.59 Å². The first-order chi connectivity index (χ1) is 13.5. The standard InChI is InChI=1S/C19H23N7O2/c1-23(2)19(28)25-10-8-24(9-11-25)13-16-21-17-15(18(27)22-16)12-20-26(17)14-6-4-3-5-7-14/h3-7,12H,8-11,13H2,1-2H3,(H,21,22,27). The summed E-state index contributed by atoms with van der Waals surface area (Å²) < 4.78 is 1.68. The highest BCUT2D eigenvalue weighted by atomic mass is 16.2. The first kappa shape index (κ1) is 18.2. The Labute approximate surface area is 162 Å². The summed E-state index contributed by atoms with van der Waals surface area (Å²) in [4.78, 5) is 37.7. The molecule has 3 aromatic rings. The van der Waals surface area contributed by atoms with Crippen LogP contribution in [0.25, 0.3) is 16.7 Å². The van der Waals surface area contributed by atoms with Crippen molar-refractivity contribution >= 4 is 17.1 Å². The number of urea groups is 1. The van der Waals surface area contributed by atoms with Gasteiger partial charge in [0.15, 0.2) is 5.65 Å². The molecule has 9 heteroatoms. The fourth-order valence-corrected chi connectivity index (χ4v) is 3.39. The molecule has 2 aromatic heterocycles. The van der Waals surface area contributed by atoms with Crippen molar-refractivity contribution in [1.29, 1.82) is 0 Å². The first-order valence-electron chi connectivity index (χ1n) is 9.24. The second-order valence-corrected chi connectivity index (χ2v) is 7.08. The molecular weight excluding hydrogens is 358 g/mol. The lowest BCUT2D eigenvalue weighted by Gasteiger charge is -2.35. The van der Waals surface area contributed by atoms with Gasteiger partial charge in [0.25, 0.3) is 5.56 Å². The van der Waals surface area contributed by atoms with Crippen molar-refractivity contribution in [3.63, 3.8) is 0 Å². The number of hydrogen-bond donors (Lipinski definition) is 1. The minimum Gasteiger partial charge on any atom is -0.331 e. The highest BCUT2D eigenvalue weighted by Crippen LogP contribution is 2.14. The Morgan fingerprint density at radius 2 is 1.86 bits per heavy atom. The summed E-state index contributed by atoms with van der Waals surface area (Å²) in [6.45, 7) is 3.31. The number of fused-ring (bicyclic) bond motifs is 1. The van der Waals surface area contributed by atoms with Crippen LogP contribution in [0.3, 0.4) is 0 Å². The summed E-state index contributed by atoms with van der Waals surface area (Å²) in [7, 11) is 3.52. The second kappa shape index (κ2) is 7.43. The molecule has 1 aliphatic rings. The average Bonchev–Trinajstić information content (AvgIpc) is 3.13. The van der Waals surface area contributed by atoms with E-state index in [2.05, 4.69) is 20.0 Å². The van der Waals surface area contributed by atoms with Gasteiger partial charge in [-0.1, -0.05) is 18.2 Å². The second-order valence-electron chi connectivity index (χ2n) is 7.08. The number of rotatable bonds is 3. The molecule has 0 atom stereocenters. The predicted molar refractivity (Wildman–Crippen MR) is 105 cm³/mol. The number of nitrogens with one attached hydrogen (secondary N) is 1. The number of hydrogen-bond acceptors (Lipinski definition) is 5. The fourth-order valence-electron chi connectivity index (χ4n) is 3.39. The molecule has 28 heavy (non-hydrogen) atoms. The van der Waals surface area contributed by atoms with Crippen LogP contribution in [0.15, 0.2) is 41.3 Å². The number of aromatic nitrogens is 4. The normalized spacial score (nSPS) is 15.1. The summed E-state index contributed by atoms with van der Waals surface area (Å²) in [6.07, 6.45) is 1.55. The first-order valence-corrected chi connectivity index (χ1v) is 9.24. The minimum atomic E-state index is -0.191. The van der Waals surface area contributed by atoms with Crippen LogP contribution >= 0.6 is 0 Å². The number of carbonyl (C=O) groups is 1. The third-order valence-corrected chi connectivity index (χ3v) is 4.89. The Kier molecular flexibility index (Phi) is 4.82. The summed E-state index contributed by atoms with van der Waals surface area (Å²) in [6, 6.07) is 9.66. The van der Waals surface area contributed by atoms with Gasteiger partial charge in [0, 0.05) is 40.3 Å². The van der Waals surface area contributed by atoms with Crippen molar-refractivity contribution in [3.05, 3.63) is 52.7 Å². The van der Waals surface area contributed by atoms with Crippen molar-refractivity contribution in [3.8, 4) is 5.69 Å². The number of aromatic amines is 1. The molecule has 0 spiro atoms. The van der Waals surface area contributed by atoms with Gasteiger partial charge in [-0.3, -0.25) is 9.69 Å². The Morgan fingerprint density at radius 3 is 2.54 bits per heavy atom. The van der Waals surface area contributed by atoms with Crippen LogP contribution < -0.4 is 5.56 Å². The topological polar surface area (TPSA) is 90.4 Å². The van der Waals surface area contributed by atoms with Gasteiger partial charge in [-0.15, -0.1) is 0 Å². The largest absolute Gasteiger partial charge is 0.331 e. The molecule has 1 N–H and O–H groups in total. The van der Waals surface area contributed by atoms with E-state index in [1.165, 1.54) is 0 Å². The van der Waals surface area contributed by atoms with Crippen molar-refractivity contribution in [2.75, 3.05) is 40.3 Å². The van der Waals surface area contributed by atoms with Gasteiger partial charge in [0.1, 0.15) is 11.2 Å². The lowest BCUT2D eigenvalue weighted by atomic mass is 10.3. The monoisotopic (exact) mass is 381 g/mol. The number of H-pyrrole nitrogens is 1. The SMILES string of the molecule is CN(C)C(=O)N1CCN(Cc2nc3c(cnn3-c3ccccc3)c(=O)[nH]2)CC1. The van der Waals surface area contributed by atoms with Crippen LogP contribution in [0.4, 0.5) is 4.79 Å². The molecule has 0 aliphatic carbocycles. The highest BCUT2D eigenvalue weighted by Gasteiger charge is 2.23. The van der Waals surface area contributed by atoms with E-state index in [1.54, 1.807) is 29.9 Å². The lowest BCUT2D eigenvalue weighted by molar-refractivity contribution is 0.118. The summed E-state index contributed by atoms with van der Waals surface area (Å²) in [5, 5.41) is 4.80. The number of para-hydroxylation sites is 1. The Hall–Kier alpha value is -3.20. The molecule has 0 saturated carbocycles. The van der Waals surface area contributed by atoms with Gasteiger partial charge in [0.05, 0.1) is 18.4 Å². The van der Waals surface area contributed by atoms with Gasteiger partial charge in [-0.05, 0) is 12.1 Å². The molecule has 1 aromatic carbocycles. The zero-order valence-electron chi connectivity index (χ0n) is 16.0. The van der Waals surface area contributed by atoms with E-state index < -0.39 is 0 Å². The van der Waals surface area contributed by atoms with Gasteiger partial charge in [-0.2, -0.15) is 5.10 Å². The number of piperazine rings is 1. The minimum absolute atomic E-state index is 0.0272.